The van der Waals surface area contributed by atoms with Gasteiger partial charge in [-0.3, -0.25) is 9.69 Å². The molecule has 0 bridgehead atoms. The maximum atomic E-state index is 14.5. The molecule has 1 atom stereocenters. The third-order valence-electron chi connectivity index (χ3n) is 7.82. The van der Waals surface area contributed by atoms with Crippen LogP contribution in [0, 0.1) is 19.7 Å². The first-order valence-corrected chi connectivity index (χ1v) is 12.9. The number of anilines is 1. The number of hydrogen-bond acceptors (Lipinski definition) is 6. The molecule has 0 spiro atoms. The molecule has 2 aromatic heterocycles. The molecule has 0 radical (unpaired) electrons. The molecule has 3 heterocycles. The minimum absolute atomic E-state index is 0.147. The van der Waals surface area contributed by atoms with Gasteiger partial charge in [0.1, 0.15) is 11.9 Å². The Labute approximate surface area is 216 Å². The highest BCUT2D eigenvalue weighted by atomic mass is 19.1. The third-order valence-corrected chi connectivity index (χ3v) is 7.82. The van der Waals surface area contributed by atoms with Crippen LogP contribution in [0.25, 0.3) is 10.9 Å². The van der Waals surface area contributed by atoms with Crippen molar-refractivity contribution in [2.24, 2.45) is 0 Å². The number of tetrazole rings is 1. The van der Waals surface area contributed by atoms with E-state index >= 15 is 0 Å². The number of hydrogen-bond donors (Lipinski definition) is 1. The van der Waals surface area contributed by atoms with Crippen LogP contribution in [0.5, 0.6) is 0 Å². The van der Waals surface area contributed by atoms with E-state index in [1.165, 1.54) is 6.07 Å². The molecular formula is C28H34FN7O. The number of piperazine rings is 1. The molecular weight excluding hydrogens is 469 g/mol. The summed E-state index contributed by atoms with van der Waals surface area (Å²) in [4.78, 5) is 21.1. The zero-order chi connectivity index (χ0) is 26.3. The summed E-state index contributed by atoms with van der Waals surface area (Å²) in [7, 11) is 0. The van der Waals surface area contributed by atoms with Crippen molar-refractivity contribution in [3.8, 4) is 0 Å². The van der Waals surface area contributed by atoms with Gasteiger partial charge in [0.05, 0.1) is 16.7 Å². The molecule has 1 aliphatic heterocycles. The Morgan fingerprint density at radius 1 is 1.05 bits per heavy atom. The Hall–Kier alpha value is -3.59. The molecule has 1 aliphatic rings. The Balaban J connectivity index is 1.60. The number of aromatic amines is 1. The quantitative estimate of drug-likeness (QED) is 0.422. The first-order chi connectivity index (χ1) is 17.7. The smallest absolute Gasteiger partial charge is 0.253 e. The molecule has 1 fully saturated rings. The van der Waals surface area contributed by atoms with Crippen LogP contribution in [0.2, 0.25) is 0 Å². The number of nitrogens with one attached hydrogen (secondary N) is 1. The van der Waals surface area contributed by atoms with Crippen LogP contribution < -0.4 is 10.5 Å². The average Bonchev–Trinajstić information content (AvgIpc) is 3.38. The maximum absolute atomic E-state index is 14.5. The van der Waals surface area contributed by atoms with Crippen LogP contribution in [0.1, 0.15) is 55.7 Å². The van der Waals surface area contributed by atoms with Crippen LogP contribution in [-0.4, -0.2) is 56.3 Å². The highest BCUT2D eigenvalue weighted by Gasteiger charge is 2.36. The van der Waals surface area contributed by atoms with Gasteiger partial charge in [-0.2, -0.15) is 0 Å². The van der Waals surface area contributed by atoms with Crippen molar-refractivity contribution in [1.29, 1.82) is 0 Å². The van der Waals surface area contributed by atoms with Crippen molar-refractivity contribution in [3.05, 3.63) is 81.2 Å². The number of pyridine rings is 1. The van der Waals surface area contributed by atoms with E-state index < -0.39 is 6.04 Å². The second-order valence-corrected chi connectivity index (χ2v) is 10.5. The maximum Gasteiger partial charge on any atom is 0.253 e. The average molecular weight is 504 g/mol. The van der Waals surface area contributed by atoms with Crippen molar-refractivity contribution >= 4 is 16.6 Å². The molecule has 4 aromatic rings. The number of benzene rings is 2. The molecule has 5 rings (SSSR count). The van der Waals surface area contributed by atoms with Crippen LogP contribution in [0.4, 0.5) is 10.1 Å². The van der Waals surface area contributed by atoms with Crippen molar-refractivity contribution in [1.82, 2.24) is 30.1 Å². The van der Waals surface area contributed by atoms with Crippen molar-refractivity contribution < 1.29 is 4.39 Å². The lowest BCUT2D eigenvalue weighted by Crippen LogP contribution is -2.50. The minimum Gasteiger partial charge on any atom is -0.367 e. The van der Waals surface area contributed by atoms with Gasteiger partial charge in [-0.15, -0.1) is 5.10 Å². The largest absolute Gasteiger partial charge is 0.367 e. The Bertz CT molecular complexity index is 1480. The molecule has 0 saturated carbocycles. The number of H-pyrrole nitrogens is 1. The van der Waals surface area contributed by atoms with E-state index in [1.54, 1.807) is 6.07 Å². The van der Waals surface area contributed by atoms with Crippen LogP contribution >= 0.6 is 0 Å². The fraction of sp³-hybridized carbons (Fsp3) is 0.429. The Morgan fingerprint density at radius 3 is 2.46 bits per heavy atom. The van der Waals surface area contributed by atoms with Crippen molar-refractivity contribution in [2.75, 3.05) is 31.1 Å². The number of para-hydroxylation sites is 1. The summed E-state index contributed by atoms with van der Waals surface area (Å²) < 4.78 is 16.3. The lowest BCUT2D eigenvalue weighted by Gasteiger charge is -2.40. The first kappa shape index (κ1) is 25.1. The molecule has 2 aromatic carbocycles. The third kappa shape index (κ3) is 4.52. The standard InChI is InChI=1S/C28H34FN7O/c1-6-28(4,5)36-26(31-32-33-36)25(21-17-20-18(2)11-12-19(3)24(20)30-27(21)37)35-15-13-34(14-16-35)23-10-8-7-9-22(23)29/h7-12,17,25H,6,13-16H2,1-5H3,(H,30,37)/t25-/m0/s1. The summed E-state index contributed by atoms with van der Waals surface area (Å²) in [6, 6.07) is 12.5. The number of aryl methyl sites for hydroxylation is 2. The van der Waals surface area contributed by atoms with Gasteiger partial charge in [-0.05, 0) is 73.9 Å². The van der Waals surface area contributed by atoms with E-state index in [-0.39, 0.29) is 16.9 Å². The molecule has 0 unspecified atom stereocenters. The SMILES string of the molecule is CCC(C)(C)n1nnnc1[C@H](c1cc2c(C)ccc(C)c2[nH]c1=O)N1CCN(c2ccccc2F)CC1. The summed E-state index contributed by atoms with van der Waals surface area (Å²) in [6.45, 7) is 12.8. The van der Waals surface area contributed by atoms with Gasteiger partial charge in [-0.25, -0.2) is 9.07 Å². The van der Waals surface area contributed by atoms with Crippen molar-refractivity contribution in [3.63, 3.8) is 0 Å². The lowest BCUT2D eigenvalue weighted by atomic mass is 9.97. The normalized spacial score (nSPS) is 15.9. The predicted octanol–water partition coefficient (Wildman–Crippen LogP) is 4.33. The second kappa shape index (κ2) is 9.70. The number of halogens is 1. The summed E-state index contributed by atoms with van der Waals surface area (Å²) in [5, 5.41) is 13.9. The minimum atomic E-state index is -0.448. The molecule has 194 valence electrons. The van der Waals surface area contributed by atoms with E-state index in [9.17, 15) is 9.18 Å². The highest BCUT2D eigenvalue weighted by Crippen LogP contribution is 2.33. The van der Waals surface area contributed by atoms with Crippen LogP contribution in [0.15, 0.2) is 47.3 Å². The summed E-state index contributed by atoms with van der Waals surface area (Å²) in [5.74, 6) is 0.416. The monoisotopic (exact) mass is 503 g/mol. The highest BCUT2D eigenvalue weighted by molar-refractivity contribution is 5.85. The Morgan fingerprint density at radius 2 is 1.76 bits per heavy atom. The number of rotatable bonds is 6. The topological polar surface area (TPSA) is 82.9 Å². The van der Waals surface area contributed by atoms with Gasteiger partial charge >= 0.3 is 0 Å². The van der Waals surface area contributed by atoms with E-state index in [0.29, 0.717) is 43.3 Å². The van der Waals surface area contributed by atoms with Gasteiger partial charge in [0.25, 0.3) is 5.56 Å². The van der Waals surface area contributed by atoms with E-state index in [1.807, 2.05) is 35.9 Å². The fourth-order valence-electron chi connectivity index (χ4n) is 5.17. The first-order valence-electron chi connectivity index (χ1n) is 12.9. The number of aromatic nitrogens is 5. The molecule has 1 saturated heterocycles. The summed E-state index contributed by atoms with van der Waals surface area (Å²) in [6.07, 6.45) is 0.825. The fourth-order valence-corrected chi connectivity index (χ4v) is 5.17. The molecule has 0 amide bonds. The zero-order valence-electron chi connectivity index (χ0n) is 22.1. The van der Waals surface area contributed by atoms with Crippen LogP contribution in [0.3, 0.4) is 0 Å². The van der Waals surface area contributed by atoms with E-state index in [2.05, 4.69) is 64.1 Å². The lowest BCUT2D eigenvalue weighted by molar-refractivity contribution is 0.186. The second-order valence-electron chi connectivity index (χ2n) is 10.5. The van der Waals surface area contributed by atoms with Gasteiger partial charge in [0, 0.05) is 37.1 Å². The van der Waals surface area contributed by atoms with Gasteiger partial charge in [-0.1, -0.05) is 31.2 Å². The van der Waals surface area contributed by atoms with Gasteiger partial charge < -0.3 is 9.88 Å². The summed E-state index contributed by atoms with van der Waals surface area (Å²) >= 11 is 0. The predicted molar refractivity (Wildman–Crippen MR) is 144 cm³/mol. The van der Waals surface area contributed by atoms with E-state index in [0.717, 1.165) is 28.5 Å². The van der Waals surface area contributed by atoms with Gasteiger partial charge in [0.2, 0.25) is 0 Å². The van der Waals surface area contributed by atoms with Gasteiger partial charge in [0.15, 0.2) is 5.82 Å². The summed E-state index contributed by atoms with van der Waals surface area (Å²) in [5.41, 5.74) is 3.71. The number of fused-ring (bicyclic) bond motifs is 1. The number of nitrogens with zero attached hydrogens (tertiary/aromatic N) is 6. The molecule has 8 nitrogen and oxygen atoms in total. The zero-order valence-corrected chi connectivity index (χ0v) is 22.1. The molecule has 1 N–H and O–H groups in total. The molecule has 37 heavy (non-hydrogen) atoms. The Kier molecular flexibility index (Phi) is 6.58. The van der Waals surface area contributed by atoms with Crippen LogP contribution in [-0.2, 0) is 5.54 Å². The molecule has 9 heteroatoms. The van der Waals surface area contributed by atoms with E-state index in [4.69, 9.17) is 0 Å². The molecule has 0 aliphatic carbocycles. The van der Waals surface area contributed by atoms with Crippen molar-refractivity contribution in [2.45, 2.75) is 52.6 Å².